The molecule has 1 aromatic rings. The summed E-state index contributed by atoms with van der Waals surface area (Å²) in [6, 6.07) is 2.91. The van der Waals surface area contributed by atoms with E-state index in [9.17, 15) is 13.6 Å². The van der Waals surface area contributed by atoms with E-state index < -0.39 is 17.2 Å². The number of carbonyl (C=O) groups is 1. The van der Waals surface area contributed by atoms with Crippen LogP contribution in [0.1, 0.15) is 43.0 Å². The van der Waals surface area contributed by atoms with Gasteiger partial charge in [-0.2, -0.15) is 0 Å². The van der Waals surface area contributed by atoms with Crippen LogP contribution in [0.15, 0.2) is 18.2 Å². The molecule has 0 aromatic heterocycles. The van der Waals surface area contributed by atoms with E-state index in [0.717, 1.165) is 31.0 Å². The summed E-state index contributed by atoms with van der Waals surface area (Å²) in [6.07, 6.45) is 2.97. The van der Waals surface area contributed by atoms with E-state index in [-0.39, 0.29) is 11.3 Å². The minimum absolute atomic E-state index is 0.0499. The van der Waals surface area contributed by atoms with Gasteiger partial charge in [-0.05, 0) is 43.7 Å². The molecule has 0 unspecified atom stereocenters. The largest absolute Gasteiger partial charge is 0.370 e. The zero-order valence-corrected chi connectivity index (χ0v) is 11.2. The maximum atomic E-state index is 13.2. The molecular formula is C15H18F2O2. The summed E-state index contributed by atoms with van der Waals surface area (Å²) in [5, 5.41) is 0. The Balaban J connectivity index is 2.30. The maximum Gasteiger partial charge on any atom is 0.194 e. The topological polar surface area (TPSA) is 26.3 Å². The molecule has 0 amide bonds. The molecule has 1 aliphatic rings. The summed E-state index contributed by atoms with van der Waals surface area (Å²) in [5.41, 5.74) is -0.874. The summed E-state index contributed by atoms with van der Waals surface area (Å²) in [4.78, 5) is 12.5. The molecule has 19 heavy (non-hydrogen) atoms. The average Bonchev–Trinajstić information content (AvgIpc) is 2.38. The molecule has 0 aliphatic heterocycles. The van der Waals surface area contributed by atoms with Crippen molar-refractivity contribution in [1.82, 2.24) is 0 Å². The first-order chi connectivity index (χ1) is 8.97. The molecule has 1 aliphatic carbocycles. The number of Topliss-reactive ketones (excluding diaryl/α,β-unsaturated/α-hetero) is 1. The van der Waals surface area contributed by atoms with Crippen LogP contribution < -0.4 is 0 Å². The van der Waals surface area contributed by atoms with Gasteiger partial charge in [-0.3, -0.25) is 4.79 Å². The van der Waals surface area contributed by atoms with Gasteiger partial charge in [0.2, 0.25) is 0 Å². The van der Waals surface area contributed by atoms with Crippen molar-refractivity contribution in [2.75, 3.05) is 7.11 Å². The van der Waals surface area contributed by atoms with Gasteiger partial charge in [0.25, 0.3) is 0 Å². The van der Waals surface area contributed by atoms with E-state index >= 15 is 0 Å². The van der Waals surface area contributed by atoms with Gasteiger partial charge in [-0.1, -0.05) is 6.92 Å². The van der Waals surface area contributed by atoms with Crippen LogP contribution in [-0.4, -0.2) is 18.5 Å². The number of carbonyl (C=O) groups excluding carboxylic acids is 1. The van der Waals surface area contributed by atoms with Crippen molar-refractivity contribution in [3.8, 4) is 0 Å². The molecule has 0 saturated heterocycles. The summed E-state index contributed by atoms with van der Waals surface area (Å²) < 4.78 is 31.9. The first-order valence-corrected chi connectivity index (χ1v) is 6.53. The van der Waals surface area contributed by atoms with Crippen molar-refractivity contribution >= 4 is 5.78 Å². The highest BCUT2D eigenvalue weighted by molar-refractivity contribution is 6.02. The number of hydrogen-bond acceptors (Lipinski definition) is 2. The van der Waals surface area contributed by atoms with Crippen LogP contribution in [0.5, 0.6) is 0 Å². The molecule has 0 atom stereocenters. The Morgan fingerprint density at radius 3 is 2.21 bits per heavy atom. The van der Waals surface area contributed by atoms with Crippen molar-refractivity contribution in [3.05, 3.63) is 35.4 Å². The Bertz CT molecular complexity index is 457. The maximum absolute atomic E-state index is 13.2. The minimum atomic E-state index is -0.924. The SMILES string of the molecule is COC1(C(=O)c2cc(F)cc(F)c2)CCC(C)CC1. The van der Waals surface area contributed by atoms with Gasteiger partial charge in [0.15, 0.2) is 5.78 Å². The van der Waals surface area contributed by atoms with Crippen LogP contribution >= 0.6 is 0 Å². The van der Waals surface area contributed by atoms with Crippen molar-refractivity contribution < 1.29 is 18.3 Å². The van der Waals surface area contributed by atoms with Crippen molar-refractivity contribution in [2.24, 2.45) is 5.92 Å². The number of ether oxygens (including phenoxy) is 1. The lowest BCUT2D eigenvalue weighted by molar-refractivity contribution is -0.0263. The van der Waals surface area contributed by atoms with Crippen molar-refractivity contribution in [1.29, 1.82) is 0 Å². The Hall–Kier alpha value is -1.29. The van der Waals surface area contributed by atoms with Gasteiger partial charge in [0.1, 0.15) is 17.2 Å². The second kappa shape index (κ2) is 5.37. The molecule has 2 nitrogen and oxygen atoms in total. The van der Waals surface area contributed by atoms with Crippen molar-refractivity contribution in [2.45, 2.75) is 38.2 Å². The monoisotopic (exact) mass is 268 g/mol. The second-order valence-corrected chi connectivity index (χ2v) is 5.37. The number of benzene rings is 1. The number of rotatable bonds is 3. The van der Waals surface area contributed by atoms with Crippen LogP contribution in [0.25, 0.3) is 0 Å². The first kappa shape index (κ1) is 14.1. The molecule has 2 rings (SSSR count). The first-order valence-electron chi connectivity index (χ1n) is 6.53. The molecule has 0 N–H and O–H groups in total. The molecule has 4 heteroatoms. The molecule has 0 bridgehead atoms. The summed E-state index contributed by atoms with van der Waals surface area (Å²) in [5.74, 6) is -1.24. The smallest absolute Gasteiger partial charge is 0.194 e. The van der Waals surface area contributed by atoms with Gasteiger partial charge in [0.05, 0.1) is 0 Å². The predicted molar refractivity (Wildman–Crippen MR) is 68.1 cm³/mol. The number of hydrogen-bond donors (Lipinski definition) is 0. The van der Waals surface area contributed by atoms with E-state index in [1.807, 2.05) is 0 Å². The molecule has 0 spiro atoms. The summed E-state index contributed by atoms with van der Waals surface area (Å²) in [7, 11) is 1.49. The van der Waals surface area contributed by atoms with Crippen molar-refractivity contribution in [3.63, 3.8) is 0 Å². The third-order valence-corrected chi connectivity index (χ3v) is 4.01. The van der Waals surface area contributed by atoms with E-state index in [4.69, 9.17) is 4.74 Å². The van der Waals surface area contributed by atoms with E-state index in [1.54, 1.807) is 0 Å². The molecule has 1 fully saturated rings. The van der Waals surface area contributed by atoms with Gasteiger partial charge in [-0.25, -0.2) is 8.78 Å². The fourth-order valence-electron chi connectivity index (χ4n) is 2.70. The zero-order chi connectivity index (χ0) is 14.0. The molecule has 1 aromatic carbocycles. The minimum Gasteiger partial charge on any atom is -0.370 e. The van der Waals surface area contributed by atoms with Crippen LogP contribution in [0.2, 0.25) is 0 Å². The molecule has 1 saturated carbocycles. The lowest BCUT2D eigenvalue weighted by atomic mass is 9.75. The van der Waals surface area contributed by atoms with E-state index in [2.05, 4.69) is 6.92 Å². The highest BCUT2D eigenvalue weighted by Gasteiger charge is 2.41. The standard InChI is InChI=1S/C15H18F2O2/c1-10-3-5-15(19-2,6-4-10)14(18)11-7-12(16)9-13(17)8-11/h7-10H,3-6H2,1-2H3. The average molecular weight is 268 g/mol. The molecule has 0 radical (unpaired) electrons. The van der Waals surface area contributed by atoms with Gasteiger partial charge in [0, 0.05) is 18.7 Å². The lowest BCUT2D eigenvalue weighted by Crippen LogP contribution is -2.44. The molecular weight excluding hydrogens is 250 g/mol. The zero-order valence-electron chi connectivity index (χ0n) is 11.2. The van der Waals surface area contributed by atoms with Gasteiger partial charge >= 0.3 is 0 Å². The molecule has 0 heterocycles. The Morgan fingerprint density at radius 1 is 1.21 bits per heavy atom. The third-order valence-electron chi connectivity index (χ3n) is 4.01. The van der Waals surface area contributed by atoms with Crippen LogP contribution in [0.4, 0.5) is 8.78 Å². The van der Waals surface area contributed by atoms with Crippen LogP contribution in [0, 0.1) is 17.6 Å². The molecule has 104 valence electrons. The van der Waals surface area contributed by atoms with Gasteiger partial charge < -0.3 is 4.74 Å². The summed E-state index contributed by atoms with van der Waals surface area (Å²) >= 11 is 0. The Labute approximate surface area is 111 Å². The normalized spacial score (nSPS) is 27.3. The van der Waals surface area contributed by atoms with E-state index in [1.165, 1.54) is 7.11 Å². The number of ketones is 1. The third kappa shape index (κ3) is 2.84. The Kier molecular flexibility index (Phi) is 3.99. The Morgan fingerprint density at radius 2 is 1.74 bits per heavy atom. The number of methoxy groups -OCH3 is 1. The summed E-state index contributed by atoms with van der Waals surface area (Å²) in [6.45, 7) is 2.13. The predicted octanol–water partition coefficient (Wildman–Crippen LogP) is 3.74. The van der Waals surface area contributed by atoms with E-state index in [0.29, 0.717) is 18.8 Å². The quantitative estimate of drug-likeness (QED) is 0.780. The second-order valence-electron chi connectivity index (χ2n) is 5.37. The number of halogens is 2. The fraction of sp³-hybridized carbons (Fsp3) is 0.533. The highest BCUT2D eigenvalue weighted by Crippen LogP contribution is 2.37. The van der Waals surface area contributed by atoms with Crippen LogP contribution in [0.3, 0.4) is 0 Å². The van der Waals surface area contributed by atoms with Crippen LogP contribution in [-0.2, 0) is 4.74 Å². The lowest BCUT2D eigenvalue weighted by Gasteiger charge is -2.36. The fourth-order valence-corrected chi connectivity index (χ4v) is 2.70. The van der Waals surface area contributed by atoms with Gasteiger partial charge in [-0.15, -0.1) is 0 Å². The highest BCUT2D eigenvalue weighted by atomic mass is 19.1.